The fourth-order valence-electron chi connectivity index (χ4n) is 8.11. The third-order valence-electron chi connectivity index (χ3n) is 10.2. The maximum atomic E-state index is 4.43. The number of hydrogen-bond acceptors (Lipinski definition) is 2. The first-order valence-corrected chi connectivity index (χ1v) is 17.4. The highest BCUT2D eigenvalue weighted by Crippen LogP contribution is 2.46. The van der Waals surface area contributed by atoms with Crippen molar-refractivity contribution in [2.24, 2.45) is 0 Å². The Kier molecular flexibility index (Phi) is 5.54. The van der Waals surface area contributed by atoms with Crippen molar-refractivity contribution in [2.45, 2.75) is 0 Å². The van der Waals surface area contributed by atoms with Crippen molar-refractivity contribution < 1.29 is 0 Å². The zero-order chi connectivity index (χ0) is 32.1. The molecule has 3 nitrogen and oxygen atoms in total. The molecule has 0 radical (unpaired) electrons. The molecule has 0 saturated heterocycles. The van der Waals surface area contributed by atoms with Gasteiger partial charge >= 0.3 is 0 Å². The lowest BCUT2D eigenvalue weighted by Crippen LogP contribution is -1.98. The van der Waals surface area contributed by atoms with Crippen molar-refractivity contribution in [3.05, 3.63) is 164 Å². The molecule has 11 rings (SSSR count). The van der Waals surface area contributed by atoms with Crippen LogP contribution in [0.5, 0.6) is 0 Å². The Balaban J connectivity index is 1.30. The number of benzene rings is 7. The lowest BCUT2D eigenvalue weighted by atomic mass is 9.98. The minimum Gasteiger partial charge on any atom is -0.309 e. The Bertz CT molecular complexity index is 3060. The normalized spacial score (nSPS) is 12.1. The molecule has 228 valence electrons. The number of aromatic nitrogens is 3. The zero-order valence-electron chi connectivity index (χ0n) is 26.3. The molecule has 0 atom stereocenters. The topological polar surface area (TPSA) is 22.8 Å². The first kappa shape index (κ1) is 26.8. The van der Waals surface area contributed by atoms with Crippen LogP contribution in [0.25, 0.3) is 97.1 Å². The molecule has 0 amide bonds. The maximum Gasteiger partial charge on any atom is 0.0555 e. The lowest BCUT2D eigenvalue weighted by Gasteiger charge is -2.16. The highest BCUT2D eigenvalue weighted by atomic mass is 32.1. The third-order valence-corrected chi connectivity index (χ3v) is 11.4. The van der Waals surface area contributed by atoms with Crippen LogP contribution in [-0.4, -0.2) is 14.1 Å². The molecule has 11 aromatic rings. The van der Waals surface area contributed by atoms with Gasteiger partial charge in [-0.05, 0) is 54.1 Å². The first-order chi connectivity index (χ1) is 24.3. The van der Waals surface area contributed by atoms with Gasteiger partial charge in [0.1, 0.15) is 0 Å². The van der Waals surface area contributed by atoms with E-state index in [4.69, 9.17) is 0 Å². The largest absolute Gasteiger partial charge is 0.309 e. The van der Waals surface area contributed by atoms with Gasteiger partial charge in [0, 0.05) is 70.4 Å². The standard InChI is InChI=1S/C45H27N3S/c1-5-15-38-31(11-1)32-12-2-6-16-39(32)47(38)41-23-22-36-35-14-4-8-19-43(35)49-45(36)44(41)28-20-21-34-33-13-3-7-17-40(33)48(42(34)26-28)37-18-9-10-29-27-46-25-24-30(29)37/h1-27H. The smallest absolute Gasteiger partial charge is 0.0555 e. The summed E-state index contributed by atoms with van der Waals surface area (Å²) in [4.78, 5) is 4.43. The fraction of sp³-hybridized carbons (Fsp3) is 0. The Morgan fingerprint density at radius 2 is 1.04 bits per heavy atom. The number of para-hydroxylation sites is 3. The van der Waals surface area contributed by atoms with E-state index < -0.39 is 0 Å². The van der Waals surface area contributed by atoms with Crippen molar-refractivity contribution in [2.75, 3.05) is 0 Å². The maximum absolute atomic E-state index is 4.43. The molecule has 0 aliphatic heterocycles. The molecule has 0 unspecified atom stereocenters. The van der Waals surface area contributed by atoms with Crippen molar-refractivity contribution in [1.82, 2.24) is 14.1 Å². The van der Waals surface area contributed by atoms with E-state index >= 15 is 0 Å². The Hall–Kier alpha value is -6.23. The summed E-state index contributed by atoms with van der Waals surface area (Å²) >= 11 is 1.89. The van der Waals surface area contributed by atoms with Crippen LogP contribution in [0.3, 0.4) is 0 Å². The summed E-state index contributed by atoms with van der Waals surface area (Å²) in [5.74, 6) is 0. The average Bonchev–Trinajstić information content (AvgIpc) is 3.82. The van der Waals surface area contributed by atoms with Crippen molar-refractivity contribution in [1.29, 1.82) is 0 Å². The van der Waals surface area contributed by atoms with Crippen molar-refractivity contribution in [3.63, 3.8) is 0 Å². The van der Waals surface area contributed by atoms with Gasteiger partial charge in [-0.15, -0.1) is 11.3 Å². The Labute approximate surface area is 285 Å². The van der Waals surface area contributed by atoms with Crippen LogP contribution in [0.15, 0.2) is 164 Å². The van der Waals surface area contributed by atoms with Gasteiger partial charge in [-0.25, -0.2) is 0 Å². The SMILES string of the molecule is c1cc(-n2c3ccccc3c3ccc(-c4c(-n5c6ccccc6c6ccccc65)ccc5c4sc4ccccc45)cc32)c2ccncc2c1. The van der Waals surface area contributed by atoms with Crippen LogP contribution in [0.4, 0.5) is 0 Å². The summed E-state index contributed by atoms with van der Waals surface area (Å²) in [6.07, 6.45) is 3.85. The second-order valence-corrected chi connectivity index (χ2v) is 13.8. The second-order valence-electron chi connectivity index (χ2n) is 12.8. The van der Waals surface area contributed by atoms with Crippen LogP contribution in [-0.2, 0) is 0 Å². The van der Waals surface area contributed by atoms with Crippen LogP contribution in [0, 0.1) is 0 Å². The van der Waals surface area contributed by atoms with E-state index in [1.54, 1.807) is 0 Å². The monoisotopic (exact) mass is 641 g/mol. The van der Waals surface area contributed by atoms with Crippen LogP contribution in [0.2, 0.25) is 0 Å². The zero-order valence-corrected chi connectivity index (χ0v) is 27.2. The Morgan fingerprint density at radius 1 is 0.429 bits per heavy atom. The third kappa shape index (κ3) is 3.75. The molecular weight excluding hydrogens is 615 g/mol. The quantitative estimate of drug-likeness (QED) is 0.188. The lowest BCUT2D eigenvalue weighted by molar-refractivity contribution is 1.18. The molecule has 0 bridgehead atoms. The van der Waals surface area contributed by atoms with E-state index in [0.717, 1.165) is 11.1 Å². The van der Waals surface area contributed by atoms with E-state index in [9.17, 15) is 0 Å². The second kappa shape index (κ2) is 10.1. The molecule has 0 aliphatic carbocycles. The molecule has 0 spiro atoms. The molecule has 49 heavy (non-hydrogen) atoms. The number of fused-ring (bicyclic) bond motifs is 10. The molecule has 0 N–H and O–H groups in total. The van der Waals surface area contributed by atoms with Crippen molar-refractivity contribution >= 4 is 85.9 Å². The highest BCUT2D eigenvalue weighted by molar-refractivity contribution is 7.26. The van der Waals surface area contributed by atoms with Gasteiger partial charge in [-0.2, -0.15) is 0 Å². The molecule has 0 saturated carbocycles. The molecule has 0 fully saturated rings. The number of hydrogen-bond donors (Lipinski definition) is 0. The predicted molar refractivity (Wildman–Crippen MR) is 209 cm³/mol. The highest BCUT2D eigenvalue weighted by Gasteiger charge is 2.22. The van der Waals surface area contributed by atoms with Crippen LogP contribution in [0.1, 0.15) is 0 Å². The summed E-state index contributed by atoms with van der Waals surface area (Å²) < 4.78 is 7.53. The fourth-order valence-corrected chi connectivity index (χ4v) is 9.38. The molecule has 7 aromatic carbocycles. The summed E-state index contributed by atoms with van der Waals surface area (Å²) in [5.41, 5.74) is 9.62. The summed E-state index contributed by atoms with van der Waals surface area (Å²) in [7, 11) is 0. The minimum atomic E-state index is 1.13. The molecule has 4 heterocycles. The van der Waals surface area contributed by atoms with Gasteiger partial charge in [0.25, 0.3) is 0 Å². The Morgan fingerprint density at radius 3 is 1.78 bits per heavy atom. The summed E-state index contributed by atoms with van der Waals surface area (Å²) in [6, 6.07) is 55.6. The molecule has 4 aromatic heterocycles. The number of nitrogens with zero attached hydrogens (tertiary/aromatic N) is 3. The van der Waals surface area contributed by atoms with Crippen LogP contribution >= 0.6 is 11.3 Å². The molecular formula is C45H27N3S. The average molecular weight is 642 g/mol. The predicted octanol–water partition coefficient (Wildman–Crippen LogP) is 12.5. The number of thiophene rings is 1. The summed E-state index contributed by atoms with van der Waals surface area (Å²) in [6.45, 7) is 0. The van der Waals surface area contributed by atoms with Gasteiger partial charge in [0.05, 0.1) is 33.4 Å². The molecule has 4 heteroatoms. The van der Waals surface area contributed by atoms with Crippen molar-refractivity contribution in [3.8, 4) is 22.5 Å². The van der Waals surface area contributed by atoms with E-state index in [1.807, 2.05) is 23.7 Å². The van der Waals surface area contributed by atoms with E-state index in [-0.39, 0.29) is 0 Å². The molecule has 0 aliphatic rings. The van der Waals surface area contributed by atoms with Gasteiger partial charge < -0.3 is 9.13 Å². The van der Waals surface area contributed by atoms with Crippen LogP contribution < -0.4 is 0 Å². The van der Waals surface area contributed by atoms with E-state index in [0.29, 0.717) is 0 Å². The first-order valence-electron chi connectivity index (χ1n) is 16.6. The number of rotatable bonds is 3. The van der Waals surface area contributed by atoms with Gasteiger partial charge in [0.15, 0.2) is 0 Å². The number of pyridine rings is 1. The van der Waals surface area contributed by atoms with Gasteiger partial charge in [-0.1, -0.05) is 103 Å². The van der Waals surface area contributed by atoms with Gasteiger partial charge in [-0.3, -0.25) is 4.98 Å². The van der Waals surface area contributed by atoms with E-state index in [2.05, 4.69) is 166 Å². The minimum absolute atomic E-state index is 1.13. The van der Waals surface area contributed by atoms with Gasteiger partial charge in [0.2, 0.25) is 0 Å². The van der Waals surface area contributed by atoms with E-state index in [1.165, 1.54) is 86.0 Å². The summed E-state index contributed by atoms with van der Waals surface area (Å²) in [5, 5.41) is 9.93.